The van der Waals surface area contributed by atoms with Crippen molar-refractivity contribution in [1.29, 1.82) is 5.26 Å². The van der Waals surface area contributed by atoms with Crippen LogP contribution in [0.4, 0.5) is 4.39 Å². The van der Waals surface area contributed by atoms with Crippen molar-refractivity contribution in [3.8, 4) is 17.2 Å². The predicted octanol–water partition coefficient (Wildman–Crippen LogP) is 2.35. The van der Waals surface area contributed by atoms with E-state index in [1.54, 1.807) is 18.5 Å². The number of rotatable bonds is 2. The van der Waals surface area contributed by atoms with Crippen molar-refractivity contribution in [3.05, 3.63) is 48.3 Å². The summed E-state index contributed by atoms with van der Waals surface area (Å²) in [6.07, 6.45) is 4.54. The Hall–Kier alpha value is -2.28. The Morgan fingerprint density at radius 3 is 2.94 bits per heavy atom. The van der Waals surface area contributed by atoms with Crippen molar-refractivity contribution in [2.45, 2.75) is 6.42 Å². The minimum Gasteiger partial charge on any atom is -0.264 e. The molecule has 3 nitrogen and oxygen atoms in total. The smallest absolute Gasteiger partial charge is 0.142 e. The largest absolute Gasteiger partial charge is 0.264 e. The average Bonchev–Trinajstić information content (AvgIpc) is 2.33. The lowest BCUT2D eigenvalue weighted by Gasteiger charge is -2.05. The highest BCUT2D eigenvalue weighted by Crippen LogP contribution is 2.22. The molecule has 4 heteroatoms. The van der Waals surface area contributed by atoms with E-state index in [2.05, 4.69) is 9.97 Å². The van der Waals surface area contributed by atoms with Crippen LogP contribution in [0.25, 0.3) is 11.1 Å². The SMILES string of the molecule is N#CCc1ncc(F)cc1-c1cccnc1. The number of nitriles is 1. The number of hydrogen-bond donors (Lipinski definition) is 0. The Bertz CT molecular complexity index is 532. The maximum atomic E-state index is 13.1. The fourth-order valence-corrected chi connectivity index (χ4v) is 1.46. The number of nitrogens with zero attached hydrogens (tertiary/aromatic N) is 3. The highest BCUT2D eigenvalue weighted by molar-refractivity contribution is 5.65. The van der Waals surface area contributed by atoms with E-state index in [0.29, 0.717) is 11.3 Å². The molecule has 0 bridgehead atoms. The van der Waals surface area contributed by atoms with Crippen molar-refractivity contribution < 1.29 is 4.39 Å². The molecule has 2 heterocycles. The highest BCUT2D eigenvalue weighted by Gasteiger charge is 2.07. The zero-order chi connectivity index (χ0) is 11.4. The first-order valence-electron chi connectivity index (χ1n) is 4.73. The van der Waals surface area contributed by atoms with Crippen LogP contribution in [-0.4, -0.2) is 9.97 Å². The standard InChI is InChI=1S/C12H8FN3/c13-10-6-11(9-2-1-5-15-7-9)12(3-4-14)16-8-10/h1-2,5-8H,3H2. The van der Waals surface area contributed by atoms with E-state index >= 15 is 0 Å². The molecular formula is C12H8FN3. The average molecular weight is 213 g/mol. The molecule has 16 heavy (non-hydrogen) atoms. The first-order chi connectivity index (χ1) is 7.81. The van der Waals surface area contributed by atoms with Crippen molar-refractivity contribution in [2.75, 3.05) is 0 Å². The number of hydrogen-bond acceptors (Lipinski definition) is 3. The van der Waals surface area contributed by atoms with Crippen molar-refractivity contribution >= 4 is 0 Å². The van der Waals surface area contributed by atoms with Gasteiger partial charge in [-0.2, -0.15) is 5.26 Å². The van der Waals surface area contributed by atoms with Gasteiger partial charge in [0.25, 0.3) is 0 Å². The first-order valence-corrected chi connectivity index (χ1v) is 4.73. The van der Waals surface area contributed by atoms with Crippen LogP contribution in [0.15, 0.2) is 36.8 Å². The summed E-state index contributed by atoms with van der Waals surface area (Å²) >= 11 is 0. The van der Waals surface area contributed by atoms with E-state index in [-0.39, 0.29) is 6.42 Å². The lowest BCUT2D eigenvalue weighted by atomic mass is 10.0. The first kappa shape index (κ1) is 10.2. The van der Waals surface area contributed by atoms with Crippen LogP contribution in [0.3, 0.4) is 0 Å². The van der Waals surface area contributed by atoms with E-state index < -0.39 is 5.82 Å². The third kappa shape index (κ3) is 2.04. The van der Waals surface area contributed by atoms with E-state index in [4.69, 9.17) is 5.26 Å². The monoisotopic (exact) mass is 213 g/mol. The van der Waals surface area contributed by atoms with E-state index in [1.807, 2.05) is 12.1 Å². The van der Waals surface area contributed by atoms with Gasteiger partial charge in [-0.3, -0.25) is 9.97 Å². The molecule has 0 saturated heterocycles. The second-order valence-corrected chi connectivity index (χ2v) is 3.22. The zero-order valence-electron chi connectivity index (χ0n) is 8.39. The summed E-state index contributed by atoms with van der Waals surface area (Å²) in [6.45, 7) is 0. The van der Waals surface area contributed by atoms with E-state index in [1.165, 1.54) is 6.07 Å². The molecule has 0 aliphatic carbocycles. The Morgan fingerprint density at radius 2 is 2.25 bits per heavy atom. The van der Waals surface area contributed by atoms with Gasteiger partial charge in [-0.05, 0) is 12.1 Å². The molecular weight excluding hydrogens is 205 g/mol. The molecule has 0 saturated carbocycles. The fourth-order valence-electron chi connectivity index (χ4n) is 1.46. The minimum atomic E-state index is -0.416. The van der Waals surface area contributed by atoms with Gasteiger partial charge in [0.2, 0.25) is 0 Å². The lowest BCUT2D eigenvalue weighted by molar-refractivity contribution is 0.620. The Labute approximate surface area is 92.2 Å². The van der Waals surface area contributed by atoms with Crippen LogP contribution in [0.1, 0.15) is 5.69 Å². The second kappa shape index (κ2) is 4.49. The molecule has 0 aromatic carbocycles. The number of aromatic nitrogens is 2. The summed E-state index contributed by atoms with van der Waals surface area (Å²) in [6, 6.07) is 6.95. The molecule has 0 N–H and O–H groups in total. The van der Waals surface area contributed by atoms with Crippen LogP contribution in [-0.2, 0) is 6.42 Å². The van der Waals surface area contributed by atoms with E-state index in [0.717, 1.165) is 11.8 Å². The Kier molecular flexibility index (Phi) is 2.88. The number of pyridine rings is 2. The summed E-state index contributed by atoms with van der Waals surface area (Å²) in [5.41, 5.74) is 1.95. The van der Waals surface area contributed by atoms with Crippen molar-refractivity contribution in [1.82, 2.24) is 9.97 Å². The van der Waals surface area contributed by atoms with Gasteiger partial charge in [0.1, 0.15) is 5.82 Å². The summed E-state index contributed by atoms with van der Waals surface area (Å²) in [5, 5.41) is 8.66. The molecule has 0 amide bonds. The van der Waals surface area contributed by atoms with Crippen LogP contribution < -0.4 is 0 Å². The molecule has 0 radical (unpaired) electrons. The Balaban J connectivity index is 2.55. The molecule has 0 aliphatic rings. The molecule has 0 fully saturated rings. The Morgan fingerprint density at radius 1 is 1.38 bits per heavy atom. The molecule has 0 atom stereocenters. The van der Waals surface area contributed by atoms with Gasteiger partial charge in [-0.15, -0.1) is 0 Å². The minimum absolute atomic E-state index is 0.157. The van der Waals surface area contributed by atoms with E-state index in [9.17, 15) is 4.39 Å². The molecule has 0 unspecified atom stereocenters. The molecule has 2 aromatic rings. The van der Waals surface area contributed by atoms with Gasteiger partial charge in [0, 0.05) is 23.5 Å². The predicted molar refractivity (Wildman–Crippen MR) is 56.7 cm³/mol. The summed E-state index contributed by atoms with van der Waals surface area (Å²) < 4.78 is 13.1. The second-order valence-electron chi connectivity index (χ2n) is 3.22. The van der Waals surface area contributed by atoms with Gasteiger partial charge < -0.3 is 0 Å². The van der Waals surface area contributed by atoms with Gasteiger partial charge in [0.15, 0.2) is 0 Å². The normalized spacial score (nSPS) is 9.75. The van der Waals surface area contributed by atoms with Crippen molar-refractivity contribution in [2.24, 2.45) is 0 Å². The maximum absolute atomic E-state index is 13.1. The molecule has 2 rings (SSSR count). The molecule has 2 aromatic heterocycles. The highest BCUT2D eigenvalue weighted by atomic mass is 19.1. The lowest BCUT2D eigenvalue weighted by Crippen LogP contribution is -1.94. The molecule has 0 spiro atoms. The third-order valence-corrected chi connectivity index (χ3v) is 2.16. The van der Waals surface area contributed by atoms with Crippen LogP contribution in [0.2, 0.25) is 0 Å². The van der Waals surface area contributed by atoms with Crippen molar-refractivity contribution in [3.63, 3.8) is 0 Å². The van der Waals surface area contributed by atoms with Gasteiger partial charge >= 0.3 is 0 Å². The van der Waals surface area contributed by atoms with Crippen LogP contribution in [0.5, 0.6) is 0 Å². The fraction of sp³-hybridized carbons (Fsp3) is 0.0833. The van der Waals surface area contributed by atoms with Gasteiger partial charge in [-0.1, -0.05) is 6.07 Å². The van der Waals surface area contributed by atoms with Gasteiger partial charge in [-0.25, -0.2) is 4.39 Å². The third-order valence-electron chi connectivity index (χ3n) is 2.16. The topological polar surface area (TPSA) is 49.6 Å². The van der Waals surface area contributed by atoms with Crippen LogP contribution >= 0.6 is 0 Å². The maximum Gasteiger partial charge on any atom is 0.142 e. The zero-order valence-corrected chi connectivity index (χ0v) is 8.39. The van der Waals surface area contributed by atoms with Gasteiger partial charge in [0.05, 0.1) is 24.4 Å². The molecule has 78 valence electrons. The number of halogens is 1. The molecule has 0 aliphatic heterocycles. The quantitative estimate of drug-likeness (QED) is 0.769. The summed E-state index contributed by atoms with van der Waals surface area (Å²) in [7, 11) is 0. The van der Waals surface area contributed by atoms with Crippen LogP contribution in [0, 0.1) is 17.1 Å². The summed E-state index contributed by atoms with van der Waals surface area (Å²) in [4.78, 5) is 7.88. The summed E-state index contributed by atoms with van der Waals surface area (Å²) in [5.74, 6) is -0.416.